The lowest BCUT2D eigenvalue weighted by atomic mass is 10.1. The highest BCUT2D eigenvalue weighted by molar-refractivity contribution is 5.79. The number of fused-ring (bicyclic) bond motifs is 1. The Kier molecular flexibility index (Phi) is 4.24. The van der Waals surface area contributed by atoms with Crippen molar-refractivity contribution in [2.45, 2.75) is 32.9 Å². The van der Waals surface area contributed by atoms with E-state index in [1.165, 1.54) is 6.07 Å². The molecular weight excluding hydrogens is 231 g/mol. The molecule has 18 heavy (non-hydrogen) atoms. The van der Waals surface area contributed by atoms with Gasteiger partial charge in [0.05, 0.1) is 23.9 Å². The van der Waals surface area contributed by atoms with E-state index >= 15 is 0 Å². The third-order valence-corrected chi connectivity index (χ3v) is 2.46. The first kappa shape index (κ1) is 14.4. The van der Waals surface area contributed by atoms with Gasteiger partial charge in [0.25, 0.3) is 0 Å². The van der Waals surface area contributed by atoms with Crippen LogP contribution in [0.1, 0.15) is 19.4 Å². The predicted octanol–water partition coefficient (Wildman–Crippen LogP) is 3.06. The minimum Gasteiger partial charge on any atom is -0.389 e. The van der Waals surface area contributed by atoms with Crippen LogP contribution in [0, 0.1) is 12.7 Å². The van der Waals surface area contributed by atoms with Gasteiger partial charge >= 0.3 is 0 Å². The van der Waals surface area contributed by atoms with Crippen molar-refractivity contribution in [1.82, 2.24) is 9.78 Å². The molecule has 1 heterocycles. The first-order valence-corrected chi connectivity index (χ1v) is 5.71. The summed E-state index contributed by atoms with van der Waals surface area (Å²) in [5, 5.41) is 14.8. The van der Waals surface area contributed by atoms with E-state index in [0.29, 0.717) is 17.6 Å². The highest BCUT2D eigenvalue weighted by Gasteiger charge is 2.16. The molecule has 2 aromatic rings. The second-order valence-corrected chi connectivity index (χ2v) is 4.77. The first-order valence-electron chi connectivity index (χ1n) is 5.71. The van der Waals surface area contributed by atoms with E-state index < -0.39 is 5.60 Å². The predicted molar refractivity (Wildman–Crippen MR) is 72.0 cm³/mol. The maximum atomic E-state index is 13.4. The fourth-order valence-electron chi connectivity index (χ4n) is 1.71. The Balaban J connectivity index is 0.000000771. The molecule has 0 radical (unpaired) electrons. The SMILES string of the molecule is C=C.Cc1cc2cnn(CC(C)(C)O)c2cc1F. The van der Waals surface area contributed by atoms with Crippen molar-refractivity contribution in [2.24, 2.45) is 0 Å². The monoisotopic (exact) mass is 250 g/mol. The van der Waals surface area contributed by atoms with Gasteiger partial charge < -0.3 is 5.11 Å². The number of halogens is 1. The zero-order valence-corrected chi connectivity index (χ0v) is 11.1. The van der Waals surface area contributed by atoms with Crippen LogP contribution < -0.4 is 0 Å². The van der Waals surface area contributed by atoms with Gasteiger partial charge in [0.15, 0.2) is 0 Å². The number of hydrogen-bond donors (Lipinski definition) is 1. The maximum Gasteiger partial charge on any atom is 0.128 e. The molecule has 0 saturated carbocycles. The summed E-state index contributed by atoms with van der Waals surface area (Å²) in [6, 6.07) is 3.22. The lowest BCUT2D eigenvalue weighted by Gasteiger charge is -2.17. The zero-order chi connectivity index (χ0) is 13.9. The van der Waals surface area contributed by atoms with Crippen molar-refractivity contribution < 1.29 is 9.50 Å². The summed E-state index contributed by atoms with van der Waals surface area (Å²) in [5.74, 6) is -0.245. The van der Waals surface area contributed by atoms with Gasteiger partial charge in [-0.05, 0) is 32.4 Å². The zero-order valence-electron chi connectivity index (χ0n) is 11.1. The molecule has 1 aromatic carbocycles. The van der Waals surface area contributed by atoms with Gasteiger partial charge in [-0.3, -0.25) is 4.68 Å². The second kappa shape index (κ2) is 5.31. The van der Waals surface area contributed by atoms with Crippen molar-refractivity contribution in [3.63, 3.8) is 0 Å². The average Bonchev–Trinajstić information content (AvgIpc) is 2.63. The standard InChI is InChI=1S/C12H15FN2O.C2H4/c1-8-4-9-6-14-15(7-12(2,3)16)11(9)5-10(8)13;1-2/h4-6,16H,7H2,1-3H3;1-2H2. The van der Waals surface area contributed by atoms with Gasteiger partial charge in [0.1, 0.15) is 5.82 Å². The Bertz CT molecular complexity index is 540. The van der Waals surface area contributed by atoms with Crippen LogP contribution in [0.5, 0.6) is 0 Å². The molecule has 0 saturated heterocycles. The average molecular weight is 250 g/mol. The van der Waals surface area contributed by atoms with E-state index in [9.17, 15) is 9.50 Å². The molecule has 2 rings (SSSR count). The van der Waals surface area contributed by atoms with Crippen LogP contribution in [-0.2, 0) is 6.54 Å². The van der Waals surface area contributed by atoms with Crippen LogP contribution in [0.25, 0.3) is 10.9 Å². The Morgan fingerprint density at radius 3 is 2.56 bits per heavy atom. The van der Waals surface area contributed by atoms with E-state index in [4.69, 9.17) is 0 Å². The molecule has 0 unspecified atom stereocenters. The topological polar surface area (TPSA) is 38.0 Å². The fraction of sp³-hybridized carbons (Fsp3) is 0.357. The minimum atomic E-state index is -0.861. The Labute approximate surface area is 107 Å². The van der Waals surface area contributed by atoms with Gasteiger partial charge in [0.2, 0.25) is 0 Å². The second-order valence-electron chi connectivity index (χ2n) is 4.77. The van der Waals surface area contributed by atoms with Crippen LogP contribution in [-0.4, -0.2) is 20.5 Å². The molecule has 1 aromatic heterocycles. The Morgan fingerprint density at radius 1 is 1.39 bits per heavy atom. The number of aromatic nitrogens is 2. The van der Waals surface area contributed by atoms with Crippen LogP contribution >= 0.6 is 0 Å². The molecule has 0 amide bonds. The molecule has 0 aliphatic rings. The lowest BCUT2D eigenvalue weighted by molar-refractivity contribution is 0.0591. The first-order chi connectivity index (χ1) is 8.37. The number of nitrogens with zero attached hydrogens (tertiary/aromatic N) is 2. The van der Waals surface area contributed by atoms with Crippen molar-refractivity contribution in [3.8, 4) is 0 Å². The number of hydrogen-bond acceptors (Lipinski definition) is 2. The van der Waals surface area contributed by atoms with Crippen LogP contribution in [0.3, 0.4) is 0 Å². The summed E-state index contributed by atoms with van der Waals surface area (Å²) in [7, 11) is 0. The smallest absolute Gasteiger partial charge is 0.128 e. The van der Waals surface area contributed by atoms with Crippen molar-refractivity contribution in [3.05, 3.63) is 42.9 Å². The summed E-state index contributed by atoms with van der Waals surface area (Å²) in [6.45, 7) is 11.5. The van der Waals surface area contributed by atoms with Crippen molar-refractivity contribution >= 4 is 10.9 Å². The third kappa shape index (κ3) is 3.17. The summed E-state index contributed by atoms with van der Waals surface area (Å²) >= 11 is 0. The molecule has 1 N–H and O–H groups in total. The van der Waals surface area contributed by atoms with Crippen LogP contribution in [0.2, 0.25) is 0 Å². The van der Waals surface area contributed by atoms with E-state index in [1.807, 2.05) is 0 Å². The molecular formula is C14H19FN2O. The number of aliphatic hydroxyl groups is 1. The fourth-order valence-corrected chi connectivity index (χ4v) is 1.71. The largest absolute Gasteiger partial charge is 0.389 e. The van der Waals surface area contributed by atoms with E-state index in [2.05, 4.69) is 18.3 Å². The number of rotatable bonds is 2. The molecule has 0 bridgehead atoms. The van der Waals surface area contributed by atoms with Gasteiger partial charge in [-0.15, -0.1) is 13.2 Å². The number of benzene rings is 1. The molecule has 0 spiro atoms. The quantitative estimate of drug-likeness (QED) is 0.832. The molecule has 0 atom stereocenters. The van der Waals surface area contributed by atoms with Gasteiger partial charge in [-0.25, -0.2) is 4.39 Å². The van der Waals surface area contributed by atoms with Gasteiger partial charge in [0, 0.05) is 11.5 Å². The maximum absolute atomic E-state index is 13.4. The van der Waals surface area contributed by atoms with E-state index in [-0.39, 0.29) is 5.82 Å². The van der Waals surface area contributed by atoms with E-state index in [1.54, 1.807) is 37.7 Å². The molecule has 3 nitrogen and oxygen atoms in total. The Hall–Kier alpha value is -1.68. The summed E-state index contributed by atoms with van der Waals surface area (Å²) in [5.41, 5.74) is 0.459. The summed E-state index contributed by atoms with van der Waals surface area (Å²) in [4.78, 5) is 0. The van der Waals surface area contributed by atoms with Gasteiger partial charge in [-0.1, -0.05) is 0 Å². The summed E-state index contributed by atoms with van der Waals surface area (Å²) < 4.78 is 15.1. The molecule has 0 fully saturated rings. The molecule has 98 valence electrons. The lowest BCUT2D eigenvalue weighted by Crippen LogP contribution is -2.26. The van der Waals surface area contributed by atoms with Crippen molar-refractivity contribution in [1.29, 1.82) is 0 Å². The number of aryl methyl sites for hydroxylation is 1. The summed E-state index contributed by atoms with van der Waals surface area (Å²) in [6.07, 6.45) is 1.69. The molecule has 0 aliphatic heterocycles. The van der Waals surface area contributed by atoms with Gasteiger partial charge in [-0.2, -0.15) is 5.10 Å². The Morgan fingerprint density at radius 2 is 2.00 bits per heavy atom. The molecule has 4 heteroatoms. The van der Waals surface area contributed by atoms with Crippen LogP contribution in [0.4, 0.5) is 4.39 Å². The van der Waals surface area contributed by atoms with E-state index in [0.717, 1.165) is 5.39 Å². The van der Waals surface area contributed by atoms with Crippen LogP contribution in [0.15, 0.2) is 31.5 Å². The highest BCUT2D eigenvalue weighted by Crippen LogP contribution is 2.20. The minimum absolute atomic E-state index is 0.245. The molecule has 0 aliphatic carbocycles. The van der Waals surface area contributed by atoms with Crippen molar-refractivity contribution in [2.75, 3.05) is 0 Å². The highest BCUT2D eigenvalue weighted by atomic mass is 19.1. The normalized spacial score (nSPS) is 11.2. The third-order valence-electron chi connectivity index (χ3n) is 2.46.